The second kappa shape index (κ2) is 4.03. The molecule has 0 spiro atoms. The molecule has 1 saturated heterocycles. The molecule has 1 heterocycles. The third-order valence-corrected chi connectivity index (χ3v) is 3.98. The first-order chi connectivity index (χ1) is 6.79. The second-order valence-electron chi connectivity index (χ2n) is 4.69. The Balaban J connectivity index is 2.15. The van der Waals surface area contributed by atoms with Crippen LogP contribution in [0.2, 0.25) is 0 Å². The highest BCUT2D eigenvalue weighted by Gasteiger charge is 2.44. The highest BCUT2D eigenvalue weighted by molar-refractivity contribution is 5.07. The zero-order valence-corrected chi connectivity index (χ0v) is 8.91. The van der Waals surface area contributed by atoms with Crippen molar-refractivity contribution in [3.8, 4) is 0 Å². The van der Waals surface area contributed by atoms with Crippen LogP contribution in [0.25, 0.3) is 0 Å². The molecule has 0 radical (unpaired) electrons. The van der Waals surface area contributed by atoms with Gasteiger partial charge in [-0.1, -0.05) is 18.9 Å². The van der Waals surface area contributed by atoms with E-state index in [0.717, 1.165) is 12.8 Å². The Hall–Kier alpha value is -0.340. The number of rotatable bonds is 3. The summed E-state index contributed by atoms with van der Waals surface area (Å²) in [6, 6.07) is 0. The van der Waals surface area contributed by atoms with E-state index in [1.54, 1.807) is 6.08 Å². The van der Waals surface area contributed by atoms with Crippen LogP contribution in [-0.2, 0) is 0 Å². The SMILES string of the molecule is C=CC(O)C1(N2CCCC2)CCCC1. The van der Waals surface area contributed by atoms with Crippen LogP contribution in [0.4, 0.5) is 0 Å². The maximum Gasteiger partial charge on any atom is 0.0901 e. The van der Waals surface area contributed by atoms with E-state index in [9.17, 15) is 5.11 Å². The van der Waals surface area contributed by atoms with Gasteiger partial charge in [0.15, 0.2) is 0 Å². The predicted octanol–water partition coefficient (Wildman–Crippen LogP) is 1.94. The molecule has 2 rings (SSSR count). The van der Waals surface area contributed by atoms with E-state index in [2.05, 4.69) is 11.5 Å². The summed E-state index contributed by atoms with van der Waals surface area (Å²) in [6.45, 7) is 6.09. The van der Waals surface area contributed by atoms with Gasteiger partial charge in [-0.05, 0) is 38.8 Å². The number of aliphatic hydroxyl groups excluding tert-OH is 1. The van der Waals surface area contributed by atoms with Gasteiger partial charge < -0.3 is 5.11 Å². The lowest BCUT2D eigenvalue weighted by Crippen LogP contribution is -2.53. The standard InChI is InChI=1S/C12H21NO/c1-2-11(14)12(7-3-4-8-12)13-9-5-6-10-13/h2,11,14H,1,3-10H2. The van der Waals surface area contributed by atoms with E-state index in [4.69, 9.17) is 0 Å². The quantitative estimate of drug-likeness (QED) is 0.696. The van der Waals surface area contributed by atoms with Crippen LogP contribution in [-0.4, -0.2) is 34.7 Å². The van der Waals surface area contributed by atoms with Crippen LogP contribution in [0.5, 0.6) is 0 Å². The van der Waals surface area contributed by atoms with Gasteiger partial charge in [0.1, 0.15) is 0 Å². The number of hydrogen-bond donors (Lipinski definition) is 1. The van der Waals surface area contributed by atoms with Crippen molar-refractivity contribution in [3.63, 3.8) is 0 Å². The van der Waals surface area contributed by atoms with Gasteiger partial charge in [0.25, 0.3) is 0 Å². The molecule has 1 unspecified atom stereocenters. The Bertz CT molecular complexity index is 202. The highest BCUT2D eigenvalue weighted by atomic mass is 16.3. The van der Waals surface area contributed by atoms with Crippen molar-refractivity contribution in [1.82, 2.24) is 4.90 Å². The average molecular weight is 195 g/mol. The lowest BCUT2D eigenvalue weighted by molar-refractivity contribution is 0.00942. The van der Waals surface area contributed by atoms with Crippen molar-refractivity contribution >= 4 is 0 Å². The van der Waals surface area contributed by atoms with Crippen molar-refractivity contribution < 1.29 is 5.11 Å². The van der Waals surface area contributed by atoms with Crippen molar-refractivity contribution in [2.75, 3.05) is 13.1 Å². The smallest absolute Gasteiger partial charge is 0.0901 e. The molecule has 2 nitrogen and oxygen atoms in total. The van der Waals surface area contributed by atoms with E-state index in [1.165, 1.54) is 38.8 Å². The lowest BCUT2D eigenvalue weighted by atomic mass is 9.88. The van der Waals surface area contributed by atoms with Crippen molar-refractivity contribution in [2.45, 2.75) is 50.2 Å². The van der Waals surface area contributed by atoms with Crippen molar-refractivity contribution in [2.24, 2.45) is 0 Å². The zero-order valence-electron chi connectivity index (χ0n) is 8.91. The van der Waals surface area contributed by atoms with Crippen LogP contribution in [0.1, 0.15) is 38.5 Å². The monoisotopic (exact) mass is 195 g/mol. The van der Waals surface area contributed by atoms with Crippen LogP contribution < -0.4 is 0 Å². The summed E-state index contributed by atoms with van der Waals surface area (Å²) in [7, 11) is 0. The third-order valence-electron chi connectivity index (χ3n) is 3.98. The predicted molar refractivity (Wildman–Crippen MR) is 58.2 cm³/mol. The molecule has 2 aliphatic rings. The fraction of sp³-hybridized carbons (Fsp3) is 0.833. The average Bonchev–Trinajstić information content (AvgIpc) is 2.86. The fourth-order valence-electron chi connectivity index (χ4n) is 3.17. The maximum absolute atomic E-state index is 10.1. The number of nitrogens with zero attached hydrogens (tertiary/aromatic N) is 1. The van der Waals surface area contributed by atoms with Gasteiger partial charge in [-0.15, -0.1) is 6.58 Å². The van der Waals surface area contributed by atoms with E-state index in [1.807, 2.05) is 0 Å². The Morgan fingerprint density at radius 2 is 1.71 bits per heavy atom. The first kappa shape index (κ1) is 10.2. The summed E-state index contributed by atoms with van der Waals surface area (Å²) in [5.41, 5.74) is 0.0538. The summed E-state index contributed by atoms with van der Waals surface area (Å²) >= 11 is 0. The van der Waals surface area contributed by atoms with E-state index < -0.39 is 0 Å². The first-order valence-corrected chi connectivity index (χ1v) is 5.85. The third kappa shape index (κ3) is 1.51. The van der Waals surface area contributed by atoms with Gasteiger partial charge in [0.2, 0.25) is 0 Å². The molecule has 1 saturated carbocycles. The van der Waals surface area contributed by atoms with E-state index in [0.29, 0.717) is 0 Å². The maximum atomic E-state index is 10.1. The minimum atomic E-state index is -0.330. The van der Waals surface area contributed by atoms with Gasteiger partial charge in [0.05, 0.1) is 11.6 Å². The number of hydrogen-bond acceptors (Lipinski definition) is 2. The Kier molecular flexibility index (Phi) is 2.93. The van der Waals surface area contributed by atoms with Gasteiger partial charge in [0, 0.05) is 0 Å². The summed E-state index contributed by atoms with van der Waals surface area (Å²) in [5, 5.41) is 10.1. The number of likely N-dealkylation sites (tertiary alicyclic amines) is 1. The fourth-order valence-corrected chi connectivity index (χ4v) is 3.17. The summed E-state index contributed by atoms with van der Waals surface area (Å²) in [5.74, 6) is 0. The Morgan fingerprint density at radius 1 is 1.14 bits per heavy atom. The molecule has 2 fully saturated rings. The molecule has 1 aliphatic carbocycles. The molecule has 0 amide bonds. The van der Waals surface area contributed by atoms with Gasteiger partial charge in [-0.3, -0.25) is 4.90 Å². The van der Waals surface area contributed by atoms with Crippen molar-refractivity contribution in [1.29, 1.82) is 0 Å². The molecule has 0 aromatic heterocycles. The normalized spacial score (nSPS) is 29.2. The van der Waals surface area contributed by atoms with Crippen LogP contribution in [0.15, 0.2) is 12.7 Å². The molecule has 80 valence electrons. The molecule has 2 heteroatoms. The second-order valence-corrected chi connectivity index (χ2v) is 4.69. The molecule has 0 bridgehead atoms. The summed E-state index contributed by atoms with van der Waals surface area (Å²) < 4.78 is 0. The molecule has 1 aliphatic heterocycles. The van der Waals surface area contributed by atoms with Crippen LogP contribution >= 0.6 is 0 Å². The van der Waals surface area contributed by atoms with Crippen molar-refractivity contribution in [3.05, 3.63) is 12.7 Å². The molecule has 1 N–H and O–H groups in total. The van der Waals surface area contributed by atoms with Gasteiger partial charge in [-0.25, -0.2) is 0 Å². The zero-order chi connectivity index (χ0) is 10.0. The van der Waals surface area contributed by atoms with Gasteiger partial charge >= 0.3 is 0 Å². The van der Waals surface area contributed by atoms with Crippen LogP contribution in [0.3, 0.4) is 0 Å². The number of aliphatic hydroxyl groups is 1. The molecular weight excluding hydrogens is 174 g/mol. The minimum absolute atomic E-state index is 0.0538. The molecule has 0 aromatic rings. The topological polar surface area (TPSA) is 23.5 Å². The van der Waals surface area contributed by atoms with E-state index in [-0.39, 0.29) is 11.6 Å². The Labute approximate surface area is 86.6 Å². The van der Waals surface area contributed by atoms with Gasteiger partial charge in [-0.2, -0.15) is 0 Å². The lowest BCUT2D eigenvalue weighted by Gasteiger charge is -2.41. The van der Waals surface area contributed by atoms with E-state index >= 15 is 0 Å². The highest BCUT2D eigenvalue weighted by Crippen LogP contribution is 2.40. The Morgan fingerprint density at radius 3 is 2.21 bits per heavy atom. The first-order valence-electron chi connectivity index (χ1n) is 5.85. The minimum Gasteiger partial charge on any atom is -0.387 e. The molecule has 0 aromatic carbocycles. The van der Waals surface area contributed by atoms with Crippen LogP contribution in [0, 0.1) is 0 Å². The molecular formula is C12H21NO. The largest absolute Gasteiger partial charge is 0.387 e. The summed E-state index contributed by atoms with van der Waals surface area (Å²) in [4.78, 5) is 2.51. The summed E-state index contributed by atoms with van der Waals surface area (Å²) in [6.07, 6.45) is 8.83. The molecule has 1 atom stereocenters. The molecule has 14 heavy (non-hydrogen) atoms.